The van der Waals surface area contributed by atoms with Gasteiger partial charge in [-0.3, -0.25) is 0 Å². The van der Waals surface area contributed by atoms with Crippen molar-refractivity contribution in [2.75, 3.05) is 14.2 Å². The summed E-state index contributed by atoms with van der Waals surface area (Å²) in [6, 6.07) is 5.89. The van der Waals surface area contributed by atoms with Gasteiger partial charge in [0, 0.05) is 30.0 Å². The molecule has 1 atom stereocenters. The van der Waals surface area contributed by atoms with Crippen LogP contribution in [0.3, 0.4) is 0 Å². The third-order valence-corrected chi connectivity index (χ3v) is 7.68. The van der Waals surface area contributed by atoms with Crippen LogP contribution in [0, 0.1) is 0 Å². The van der Waals surface area contributed by atoms with Crippen molar-refractivity contribution in [3.8, 4) is 0 Å². The van der Waals surface area contributed by atoms with E-state index in [0.717, 1.165) is 40.6 Å². The lowest BCUT2D eigenvalue weighted by Gasteiger charge is -2.25. The SMILES string of the molecule is COC(=O)C1=CC2=C(C=CC(OC)C2)c2c(C3CCCCC3)c3ccc(C(=O)OC(C)(C)C)cc3n2C1. The van der Waals surface area contributed by atoms with Gasteiger partial charge in [0.25, 0.3) is 0 Å². The number of benzene rings is 1. The monoisotopic (exact) mass is 503 g/mol. The Hall–Kier alpha value is -3.12. The molecule has 6 nitrogen and oxygen atoms in total. The number of hydrogen-bond acceptors (Lipinski definition) is 5. The first-order valence-corrected chi connectivity index (χ1v) is 13.3. The second-order valence-corrected chi connectivity index (χ2v) is 11.4. The van der Waals surface area contributed by atoms with Gasteiger partial charge in [-0.25, -0.2) is 9.59 Å². The molecular weight excluding hydrogens is 466 g/mol. The van der Waals surface area contributed by atoms with Crippen LogP contribution in [0.1, 0.15) is 86.8 Å². The van der Waals surface area contributed by atoms with Crippen molar-refractivity contribution in [1.82, 2.24) is 4.57 Å². The summed E-state index contributed by atoms with van der Waals surface area (Å²) in [5.41, 5.74) is 6.17. The molecule has 196 valence electrons. The Kier molecular flexibility index (Phi) is 6.88. The number of allylic oxidation sites excluding steroid dienone is 3. The second-order valence-electron chi connectivity index (χ2n) is 11.4. The van der Waals surface area contributed by atoms with Crippen molar-refractivity contribution < 1.29 is 23.8 Å². The van der Waals surface area contributed by atoms with Crippen molar-refractivity contribution in [3.63, 3.8) is 0 Å². The summed E-state index contributed by atoms with van der Waals surface area (Å²) < 4.78 is 18.7. The summed E-state index contributed by atoms with van der Waals surface area (Å²) in [4.78, 5) is 25.9. The van der Waals surface area contributed by atoms with Gasteiger partial charge in [-0.15, -0.1) is 0 Å². The molecule has 2 aliphatic carbocycles. The summed E-state index contributed by atoms with van der Waals surface area (Å²) >= 11 is 0. The maximum atomic E-state index is 13.0. The lowest BCUT2D eigenvalue weighted by atomic mass is 9.80. The Labute approximate surface area is 219 Å². The molecule has 6 heteroatoms. The molecule has 0 N–H and O–H groups in total. The summed E-state index contributed by atoms with van der Waals surface area (Å²) in [6.07, 6.45) is 12.9. The van der Waals surface area contributed by atoms with Crippen LogP contribution in [-0.2, 0) is 25.5 Å². The number of hydrogen-bond donors (Lipinski definition) is 0. The Balaban J connectivity index is 1.76. The minimum atomic E-state index is -0.583. The summed E-state index contributed by atoms with van der Waals surface area (Å²) in [5, 5.41) is 1.15. The van der Waals surface area contributed by atoms with Gasteiger partial charge < -0.3 is 18.8 Å². The largest absolute Gasteiger partial charge is 0.466 e. The van der Waals surface area contributed by atoms with Gasteiger partial charge in [-0.2, -0.15) is 0 Å². The smallest absolute Gasteiger partial charge is 0.338 e. The Morgan fingerprint density at radius 1 is 1.03 bits per heavy atom. The topological polar surface area (TPSA) is 66.8 Å². The van der Waals surface area contributed by atoms with E-state index in [1.165, 1.54) is 31.9 Å². The average Bonchev–Trinajstić information content (AvgIpc) is 3.09. The van der Waals surface area contributed by atoms with E-state index in [2.05, 4.69) is 22.8 Å². The summed E-state index contributed by atoms with van der Waals surface area (Å²) in [7, 11) is 3.13. The van der Waals surface area contributed by atoms with Gasteiger partial charge in [-0.05, 0) is 68.9 Å². The molecule has 0 amide bonds. The molecule has 5 rings (SSSR count). The van der Waals surface area contributed by atoms with Crippen molar-refractivity contribution in [1.29, 1.82) is 0 Å². The molecule has 2 heterocycles. The number of nitrogens with zero attached hydrogens (tertiary/aromatic N) is 1. The fourth-order valence-electron chi connectivity index (χ4n) is 6.02. The lowest BCUT2D eigenvalue weighted by molar-refractivity contribution is -0.136. The third kappa shape index (κ3) is 4.91. The first-order chi connectivity index (χ1) is 17.7. The fourth-order valence-corrected chi connectivity index (χ4v) is 6.02. The molecule has 0 radical (unpaired) electrons. The van der Waals surface area contributed by atoms with Gasteiger partial charge in [0.15, 0.2) is 0 Å². The number of ether oxygens (including phenoxy) is 3. The fraction of sp³-hybridized carbons (Fsp3) is 0.484. The normalized spacial score (nSPS) is 20.2. The molecule has 1 aliphatic heterocycles. The number of carbonyl (C=O) groups excluding carboxylic acids is 2. The highest BCUT2D eigenvalue weighted by molar-refractivity contribution is 6.00. The van der Waals surface area contributed by atoms with Crippen LogP contribution in [0.2, 0.25) is 0 Å². The zero-order valence-electron chi connectivity index (χ0n) is 22.6. The molecule has 0 bridgehead atoms. The van der Waals surface area contributed by atoms with Crippen LogP contribution >= 0.6 is 0 Å². The van der Waals surface area contributed by atoms with E-state index >= 15 is 0 Å². The van der Waals surface area contributed by atoms with E-state index in [1.54, 1.807) is 7.11 Å². The number of fused-ring (bicyclic) bond motifs is 4. The number of methoxy groups -OCH3 is 2. The minimum Gasteiger partial charge on any atom is -0.466 e. The molecule has 0 spiro atoms. The van der Waals surface area contributed by atoms with E-state index < -0.39 is 5.60 Å². The van der Waals surface area contributed by atoms with Crippen LogP contribution in [-0.4, -0.2) is 42.4 Å². The molecule has 37 heavy (non-hydrogen) atoms. The van der Waals surface area contributed by atoms with Gasteiger partial charge in [-0.1, -0.05) is 37.5 Å². The second kappa shape index (κ2) is 9.97. The van der Waals surface area contributed by atoms with Crippen LogP contribution in [0.25, 0.3) is 16.5 Å². The average molecular weight is 504 g/mol. The highest BCUT2D eigenvalue weighted by Gasteiger charge is 2.32. The zero-order valence-corrected chi connectivity index (χ0v) is 22.6. The molecule has 1 aromatic carbocycles. The minimum absolute atomic E-state index is 0.0401. The van der Waals surface area contributed by atoms with E-state index in [9.17, 15) is 9.59 Å². The van der Waals surface area contributed by atoms with E-state index in [1.807, 2.05) is 39.0 Å². The highest BCUT2D eigenvalue weighted by atomic mass is 16.6. The third-order valence-electron chi connectivity index (χ3n) is 7.68. The van der Waals surface area contributed by atoms with Gasteiger partial charge in [0.2, 0.25) is 0 Å². The molecule has 1 unspecified atom stereocenters. The zero-order chi connectivity index (χ0) is 26.3. The molecule has 1 fully saturated rings. The van der Waals surface area contributed by atoms with Crippen LogP contribution < -0.4 is 0 Å². The predicted octanol–water partition coefficient (Wildman–Crippen LogP) is 6.49. The summed E-state index contributed by atoms with van der Waals surface area (Å²) in [5.74, 6) is -0.253. The Morgan fingerprint density at radius 3 is 2.46 bits per heavy atom. The van der Waals surface area contributed by atoms with Crippen molar-refractivity contribution >= 4 is 28.4 Å². The van der Waals surface area contributed by atoms with Gasteiger partial charge in [0.1, 0.15) is 5.60 Å². The van der Waals surface area contributed by atoms with Gasteiger partial charge >= 0.3 is 11.9 Å². The molecule has 1 aromatic heterocycles. The molecule has 0 saturated heterocycles. The van der Waals surface area contributed by atoms with E-state index in [0.29, 0.717) is 30.0 Å². The highest BCUT2D eigenvalue weighted by Crippen LogP contribution is 2.46. The first-order valence-electron chi connectivity index (χ1n) is 13.3. The Bertz CT molecular complexity index is 1330. The van der Waals surface area contributed by atoms with Crippen LogP contribution in [0.15, 0.2) is 47.6 Å². The number of esters is 2. The van der Waals surface area contributed by atoms with Crippen LogP contribution in [0.5, 0.6) is 0 Å². The molecule has 3 aliphatic rings. The number of rotatable bonds is 4. The number of carbonyl (C=O) groups is 2. The van der Waals surface area contributed by atoms with E-state index in [-0.39, 0.29) is 18.0 Å². The number of aromatic nitrogens is 1. The van der Waals surface area contributed by atoms with E-state index in [4.69, 9.17) is 14.2 Å². The standard InChI is InChI=1S/C31H37NO5/c1-31(2,3)37-30(34)20-11-13-25-26(17-20)32-18-22(29(33)36-5)15-21-16-23(35-4)12-14-24(21)28(32)27(25)19-9-7-6-8-10-19/h11-15,17,19,23H,6-10,16,18H2,1-5H3. The lowest BCUT2D eigenvalue weighted by Crippen LogP contribution is -2.23. The molecule has 1 saturated carbocycles. The summed E-state index contributed by atoms with van der Waals surface area (Å²) in [6.45, 7) is 6.00. The predicted molar refractivity (Wildman–Crippen MR) is 145 cm³/mol. The molecule has 2 aromatic rings. The van der Waals surface area contributed by atoms with Crippen molar-refractivity contribution in [2.24, 2.45) is 0 Å². The Morgan fingerprint density at radius 2 is 1.78 bits per heavy atom. The van der Waals surface area contributed by atoms with Crippen LogP contribution in [0.4, 0.5) is 0 Å². The van der Waals surface area contributed by atoms with Gasteiger partial charge in [0.05, 0.1) is 36.6 Å². The quantitative estimate of drug-likeness (QED) is 0.447. The first kappa shape index (κ1) is 25.5. The van der Waals surface area contributed by atoms with Crippen molar-refractivity contribution in [2.45, 2.75) is 83.5 Å². The molecular formula is C31H37NO5. The van der Waals surface area contributed by atoms with Crippen molar-refractivity contribution in [3.05, 3.63) is 64.4 Å². The maximum Gasteiger partial charge on any atom is 0.338 e. The maximum absolute atomic E-state index is 13.0.